The van der Waals surface area contributed by atoms with Crippen molar-refractivity contribution in [2.24, 2.45) is 0 Å². The fraction of sp³-hybridized carbons (Fsp3) is 0.154. The molecule has 3 aromatic carbocycles. The lowest BCUT2D eigenvalue weighted by molar-refractivity contribution is 0.0971. The highest BCUT2D eigenvalue weighted by molar-refractivity contribution is 6.32. The van der Waals surface area contributed by atoms with E-state index in [0.717, 1.165) is 22.3 Å². The first kappa shape index (κ1) is 20.8. The van der Waals surface area contributed by atoms with Gasteiger partial charge in [0.1, 0.15) is 5.58 Å². The molecule has 4 aromatic rings. The SMILES string of the molecule is Cc1cc2oc3c(c(=O)c2cc1C)C(c1cccc(Cl)c1)N(c1ccc(C)c(Cl)c1)C3=O. The zero-order valence-corrected chi connectivity index (χ0v) is 19.2. The maximum absolute atomic E-state index is 13.7. The lowest BCUT2D eigenvalue weighted by atomic mass is 9.97. The molecular formula is C26H19Cl2NO3. The van der Waals surface area contributed by atoms with Gasteiger partial charge in [0.2, 0.25) is 5.76 Å². The lowest BCUT2D eigenvalue weighted by Gasteiger charge is -2.25. The van der Waals surface area contributed by atoms with E-state index in [-0.39, 0.29) is 17.1 Å². The van der Waals surface area contributed by atoms with Crippen molar-refractivity contribution in [1.29, 1.82) is 0 Å². The third-order valence-electron chi connectivity index (χ3n) is 6.08. The van der Waals surface area contributed by atoms with Gasteiger partial charge in [-0.2, -0.15) is 0 Å². The molecule has 0 N–H and O–H groups in total. The Morgan fingerprint density at radius 3 is 2.34 bits per heavy atom. The van der Waals surface area contributed by atoms with E-state index in [1.165, 1.54) is 0 Å². The zero-order valence-electron chi connectivity index (χ0n) is 17.7. The number of nitrogens with zero attached hydrogens (tertiary/aromatic N) is 1. The van der Waals surface area contributed by atoms with E-state index in [0.29, 0.717) is 32.3 Å². The van der Waals surface area contributed by atoms with E-state index in [9.17, 15) is 9.59 Å². The summed E-state index contributed by atoms with van der Waals surface area (Å²) in [6, 6.07) is 15.5. The second kappa shape index (κ2) is 7.51. The zero-order chi connectivity index (χ0) is 22.7. The topological polar surface area (TPSA) is 50.5 Å². The van der Waals surface area contributed by atoms with E-state index in [2.05, 4.69) is 0 Å². The molecule has 0 fully saturated rings. The van der Waals surface area contributed by atoms with Gasteiger partial charge in [-0.1, -0.05) is 41.4 Å². The van der Waals surface area contributed by atoms with E-state index in [4.69, 9.17) is 27.6 Å². The number of fused-ring (bicyclic) bond motifs is 2. The van der Waals surface area contributed by atoms with Crippen LogP contribution in [0.2, 0.25) is 10.0 Å². The molecule has 0 saturated heterocycles. The minimum atomic E-state index is -0.683. The standard InChI is InChI=1S/C26H19Cl2NO3/c1-13-7-8-18(12-20(13)28)29-23(16-5-4-6-17(27)11-16)22-24(30)19-9-14(2)15(3)10-21(19)32-25(22)26(29)31/h4-12,23H,1-3H3. The smallest absolute Gasteiger partial charge is 0.295 e. The summed E-state index contributed by atoms with van der Waals surface area (Å²) in [6.07, 6.45) is 0. The summed E-state index contributed by atoms with van der Waals surface area (Å²) in [5, 5.41) is 1.50. The Kier molecular flexibility index (Phi) is 4.88. The molecule has 1 unspecified atom stereocenters. The van der Waals surface area contributed by atoms with Crippen LogP contribution in [0.3, 0.4) is 0 Å². The van der Waals surface area contributed by atoms with E-state index in [1.54, 1.807) is 35.2 Å². The molecule has 0 saturated carbocycles. The number of halogens is 2. The van der Waals surface area contributed by atoms with Crippen molar-refractivity contribution in [3.8, 4) is 0 Å². The van der Waals surface area contributed by atoms with Gasteiger partial charge in [-0.15, -0.1) is 0 Å². The normalized spacial score (nSPS) is 15.5. The minimum absolute atomic E-state index is 0.0485. The van der Waals surface area contributed by atoms with Crippen molar-refractivity contribution in [2.75, 3.05) is 4.90 Å². The van der Waals surface area contributed by atoms with Gasteiger partial charge < -0.3 is 4.42 Å². The number of amides is 1. The van der Waals surface area contributed by atoms with Crippen LogP contribution in [0.4, 0.5) is 5.69 Å². The van der Waals surface area contributed by atoms with Crippen molar-refractivity contribution in [3.05, 3.63) is 108 Å². The largest absolute Gasteiger partial charge is 0.450 e. The van der Waals surface area contributed by atoms with E-state index >= 15 is 0 Å². The second-order valence-corrected chi connectivity index (χ2v) is 9.02. The predicted molar refractivity (Wildman–Crippen MR) is 128 cm³/mol. The molecular weight excluding hydrogens is 445 g/mol. The van der Waals surface area contributed by atoms with Gasteiger partial charge in [-0.25, -0.2) is 0 Å². The Bertz CT molecular complexity index is 1490. The lowest BCUT2D eigenvalue weighted by Crippen LogP contribution is -2.29. The maximum Gasteiger partial charge on any atom is 0.295 e. The van der Waals surface area contributed by atoms with E-state index in [1.807, 2.05) is 45.0 Å². The first-order valence-corrected chi connectivity index (χ1v) is 10.9. The van der Waals surface area contributed by atoms with Crippen LogP contribution in [-0.2, 0) is 0 Å². The average Bonchev–Trinajstić information content (AvgIpc) is 3.04. The molecule has 1 aromatic heterocycles. The van der Waals surface area contributed by atoms with Crippen LogP contribution in [0, 0.1) is 20.8 Å². The van der Waals surface area contributed by atoms with Gasteiger partial charge in [0.15, 0.2) is 5.43 Å². The van der Waals surface area contributed by atoms with Crippen LogP contribution in [0.5, 0.6) is 0 Å². The predicted octanol–water partition coefficient (Wildman–Crippen LogP) is 6.77. The van der Waals surface area contributed by atoms with Crippen LogP contribution in [0.1, 0.15) is 44.4 Å². The number of aryl methyl sites for hydroxylation is 3. The number of carbonyl (C=O) groups excluding carboxylic acids is 1. The third-order valence-corrected chi connectivity index (χ3v) is 6.73. The summed E-state index contributed by atoms with van der Waals surface area (Å²) in [5.74, 6) is -0.338. The molecule has 4 nitrogen and oxygen atoms in total. The first-order valence-electron chi connectivity index (χ1n) is 10.2. The highest BCUT2D eigenvalue weighted by atomic mass is 35.5. The van der Waals surface area contributed by atoms with Gasteiger partial charge in [-0.3, -0.25) is 14.5 Å². The van der Waals surface area contributed by atoms with E-state index < -0.39 is 6.04 Å². The Balaban J connectivity index is 1.84. The van der Waals surface area contributed by atoms with Crippen LogP contribution in [-0.4, -0.2) is 5.91 Å². The summed E-state index contributed by atoms with van der Waals surface area (Å²) in [6.45, 7) is 5.78. The molecule has 6 heteroatoms. The van der Waals surface area contributed by atoms with Crippen LogP contribution in [0.15, 0.2) is 63.8 Å². The molecule has 0 bridgehead atoms. The fourth-order valence-corrected chi connectivity index (χ4v) is 4.59. The monoisotopic (exact) mass is 463 g/mol. The van der Waals surface area contributed by atoms with Crippen molar-refractivity contribution in [1.82, 2.24) is 0 Å². The summed E-state index contributed by atoms with van der Waals surface area (Å²) in [7, 11) is 0. The van der Waals surface area contributed by atoms with Crippen molar-refractivity contribution in [3.63, 3.8) is 0 Å². The van der Waals surface area contributed by atoms with Crippen molar-refractivity contribution < 1.29 is 9.21 Å². The van der Waals surface area contributed by atoms with Gasteiger partial charge in [0.05, 0.1) is 17.0 Å². The molecule has 0 aliphatic carbocycles. The quantitative estimate of drug-likeness (QED) is 0.329. The molecule has 32 heavy (non-hydrogen) atoms. The van der Waals surface area contributed by atoms with Crippen LogP contribution < -0.4 is 10.3 Å². The second-order valence-electron chi connectivity index (χ2n) is 8.17. The van der Waals surface area contributed by atoms with Crippen LogP contribution >= 0.6 is 23.2 Å². The Morgan fingerprint density at radius 2 is 1.62 bits per heavy atom. The average molecular weight is 464 g/mol. The summed E-state index contributed by atoms with van der Waals surface area (Å²) in [5.41, 5.74) is 4.65. The van der Waals surface area contributed by atoms with Crippen LogP contribution in [0.25, 0.3) is 11.0 Å². The molecule has 2 heterocycles. The third kappa shape index (κ3) is 3.14. The number of benzene rings is 3. The molecule has 1 aliphatic rings. The van der Waals surface area contributed by atoms with Gasteiger partial charge >= 0.3 is 0 Å². The number of rotatable bonds is 2. The summed E-state index contributed by atoms with van der Waals surface area (Å²) < 4.78 is 6.06. The number of hydrogen-bond donors (Lipinski definition) is 0. The van der Waals surface area contributed by atoms with Gasteiger partial charge in [0, 0.05) is 15.7 Å². The molecule has 1 amide bonds. The molecule has 1 atom stereocenters. The molecule has 160 valence electrons. The summed E-state index contributed by atoms with van der Waals surface area (Å²) in [4.78, 5) is 28.9. The number of anilines is 1. The highest BCUT2D eigenvalue weighted by Gasteiger charge is 2.43. The molecule has 1 aliphatic heterocycles. The highest BCUT2D eigenvalue weighted by Crippen LogP contribution is 2.42. The first-order chi connectivity index (χ1) is 15.3. The van der Waals surface area contributed by atoms with Crippen molar-refractivity contribution >= 4 is 45.8 Å². The Labute approximate surface area is 195 Å². The molecule has 0 radical (unpaired) electrons. The maximum atomic E-state index is 13.7. The molecule has 5 rings (SSSR count). The molecule has 0 spiro atoms. The van der Waals surface area contributed by atoms with Gasteiger partial charge in [-0.05, 0) is 79.4 Å². The fourth-order valence-electron chi connectivity index (χ4n) is 4.22. The minimum Gasteiger partial charge on any atom is -0.450 e. The Morgan fingerprint density at radius 1 is 0.875 bits per heavy atom. The number of carbonyl (C=O) groups is 1. The summed E-state index contributed by atoms with van der Waals surface area (Å²) >= 11 is 12.7. The number of hydrogen-bond acceptors (Lipinski definition) is 3. The van der Waals surface area contributed by atoms with Crippen molar-refractivity contribution in [2.45, 2.75) is 26.8 Å². The van der Waals surface area contributed by atoms with Gasteiger partial charge in [0.25, 0.3) is 5.91 Å². The Hall–Kier alpha value is -3.08.